The summed E-state index contributed by atoms with van der Waals surface area (Å²) in [6.07, 6.45) is 0. The summed E-state index contributed by atoms with van der Waals surface area (Å²) in [7, 11) is 2.11. The summed E-state index contributed by atoms with van der Waals surface area (Å²) in [5, 5.41) is 3.60. The molecule has 1 saturated heterocycles. The van der Waals surface area contributed by atoms with E-state index in [9.17, 15) is 4.79 Å². The second-order valence-electron chi connectivity index (χ2n) is 7.03. The first-order valence-electron chi connectivity index (χ1n) is 9.16. The van der Waals surface area contributed by atoms with E-state index in [4.69, 9.17) is 16.3 Å². The van der Waals surface area contributed by atoms with Crippen LogP contribution in [-0.4, -0.2) is 50.6 Å². The molecule has 1 aliphatic rings. The Morgan fingerprint density at radius 1 is 1.15 bits per heavy atom. The van der Waals surface area contributed by atoms with Crippen molar-refractivity contribution >= 4 is 28.9 Å². The number of anilines is 2. The van der Waals surface area contributed by atoms with Gasteiger partial charge < -0.3 is 19.9 Å². The van der Waals surface area contributed by atoms with Crippen molar-refractivity contribution in [3.05, 3.63) is 52.5 Å². The van der Waals surface area contributed by atoms with Crippen molar-refractivity contribution in [1.82, 2.24) is 4.90 Å². The number of ether oxygens (including phenoxy) is 1. The van der Waals surface area contributed by atoms with Gasteiger partial charge in [-0.1, -0.05) is 35.4 Å². The number of benzene rings is 2. The first-order valence-corrected chi connectivity index (χ1v) is 9.54. The summed E-state index contributed by atoms with van der Waals surface area (Å²) in [5.41, 5.74) is 3.79. The standard InChI is InChI=1S/C21H26ClN3O2/c1-15-7-8-19(16(2)13-15)27-14-20(26)23-18-6-4-5-17(22)21(18)25-11-9-24(3)10-12-25/h4-8,13H,9-12,14H2,1-3H3,(H,23,26). The minimum Gasteiger partial charge on any atom is -0.483 e. The highest BCUT2D eigenvalue weighted by Gasteiger charge is 2.20. The molecule has 0 atom stereocenters. The monoisotopic (exact) mass is 387 g/mol. The molecule has 0 bridgehead atoms. The molecule has 2 aromatic carbocycles. The Morgan fingerprint density at radius 2 is 1.89 bits per heavy atom. The van der Waals surface area contributed by atoms with Gasteiger partial charge in [0.2, 0.25) is 0 Å². The molecule has 0 spiro atoms. The molecule has 0 aromatic heterocycles. The van der Waals surface area contributed by atoms with Gasteiger partial charge in [0.1, 0.15) is 5.75 Å². The Balaban J connectivity index is 1.68. The van der Waals surface area contributed by atoms with Crippen molar-refractivity contribution in [3.63, 3.8) is 0 Å². The van der Waals surface area contributed by atoms with Crippen LogP contribution in [0, 0.1) is 13.8 Å². The molecule has 6 heteroatoms. The van der Waals surface area contributed by atoms with Crippen LogP contribution in [0.4, 0.5) is 11.4 Å². The third kappa shape index (κ3) is 4.93. The van der Waals surface area contributed by atoms with E-state index in [-0.39, 0.29) is 12.5 Å². The summed E-state index contributed by atoms with van der Waals surface area (Å²) in [5.74, 6) is 0.522. The van der Waals surface area contributed by atoms with Crippen LogP contribution in [0.15, 0.2) is 36.4 Å². The van der Waals surface area contributed by atoms with Gasteiger partial charge in [-0.15, -0.1) is 0 Å². The van der Waals surface area contributed by atoms with E-state index in [2.05, 4.69) is 22.2 Å². The molecule has 0 aliphatic carbocycles. The highest BCUT2D eigenvalue weighted by molar-refractivity contribution is 6.34. The number of likely N-dealkylation sites (N-methyl/N-ethyl adjacent to an activating group) is 1. The van der Waals surface area contributed by atoms with E-state index < -0.39 is 0 Å². The van der Waals surface area contributed by atoms with Gasteiger partial charge in [-0.05, 0) is 44.7 Å². The van der Waals surface area contributed by atoms with Gasteiger partial charge in [0.25, 0.3) is 5.91 Å². The Kier molecular flexibility index (Phi) is 6.24. The number of carbonyl (C=O) groups excluding carboxylic acids is 1. The second-order valence-corrected chi connectivity index (χ2v) is 7.44. The first kappa shape index (κ1) is 19.5. The lowest BCUT2D eigenvalue weighted by Gasteiger charge is -2.35. The first-order chi connectivity index (χ1) is 12.9. The fourth-order valence-corrected chi connectivity index (χ4v) is 3.55. The smallest absolute Gasteiger partial charge is 0.262 e. The molecule has 5 nitrogen and oxygen atoms in total. The van der Waals surface area contributed by atoms with E-state index >= 15 is 0 Å². The molecule has 0 saturated carbocycles. The summed E-state index contributed by atoms with van der Waals surface area (Å²) >= 11 is 6.45. The van der Waals surface area contributed by atoms with E-state index in [1.54, 1.807) is 0 Å². The molecule has 1 heterocycles. The number of nitrogens with zero attached hydrogens (tertiary/aromatic N) is 2. The largest absolute Gasteiger partial charge is 0.483 e. The molecular weight excluding hydrogens is 362 g/mol. The Labute approximate surface area is 165 Å². The van der Waals surface area contributed by atoms with Crippen molar-refractivity contribution in [3.8, 4) is 5.75 Å². The minimum absolute atomic E-state index is 0.0431. The lowest BCUT2D eigenvalue weighted by atomic mass is 10.1. The van der Waals surface area contributed by atoms with Gasteiger partial charge >= 0.3 is 0 Å². The van der Waals surface area contributed by atoms with Gasteiger partial charge in [-0.3, -0.25) is 4.79 Å². The zero-order valence-corrected chi connectivity index (χ0v) is 16.8. The highest BCUT2D eigenvalue weighted by Crippen LogP contribution is 2.34. The maximum Gasteiger partial charge on any atom is 0.262 e. The average Bonchev–Trinajstić information content (AvgIpc) is 2.62. The molecule has 3 rings (SSSR count). The summed E-state index contributed by atoms with van der Waals surface area (Å²) in [6.45, 7) is 7.65. The molecule has 1 amide bonds. The maximum absolute atomic E-state index is 12.5. The molecule has 1 aliphatic heterocycles. The Hall–Kier alpha value is -2.24. The minimum atomic E-state index is -0.201. The molecule has 27 heavy (non-hydrogen) atoms. The Morgan fingerprint density at radius 3 is 2.59 bits per heavy atom. The SMILES string of the molecule is Cc1ccc(OCC(=O)Nc2cccc(Cl)c2N2CCN(C)CC2)c(C)c1. The van der Waals surface area contributed by atoms with Crippen LogP contribution < -0.4 is 15.0 Å². The molecule has 144 valence electrons. The number of aryl methyl sites for hydroxylation is 2. The van der Waals surface area contributed by atoms with Gasteiger partial charge in [-0.25, -0.2) is 0 Å². The zero-order valence-electron chi connectivity index (χ0n) is 16.1. The van der Waals surface area contributed by atoms with Crippen LogP contribution in [0.2, 0.25) is 5.02 Å². The summed E-state index contributed by atoms with van der Waals surface area (Å²) in [6, 6.07) is 11.5. The van der Waals surface area contributed by atoms with Crippen LogP contribution in [0.5, 0.6) is 5.75 Å². The van der Waals surface area contributed by atoms with Gasteiger partial charge in [0.05, 0.1) is 16.4 Å². The second kappa shape index (κ2) is 8.63. The highest BCUT2D eigenvalue weighted by atomic mass is 35.5. The van der Waals surface area contributed by atoms with E-state index in [0.29, 0.717) is 5.02 Å². The quantitative estimate of drug-likeness (QED) is 0.849. The van der Waals surface area contributed by atoms with Crippen molar-refractivity contribution in [2.75, 3.05) is 50.1 Å². The van der Waals surface area contributed by atoms with Gasteiger partial charge in [-0.2, -0.15) is 0 Å². The van der Waals surface area contributed by atoms with Gasteiger partial charge in [0.15, 0.2) is 6.61 Å². The summed E-state index contributed by atoms with van der Waals surface area (Å²) in [4.78, 5) is 17.0. The normalized spacial score (nSPS) is 14.9. The van der Waals surface area contributed by atoms with Crippen molar-refractivity contribution in [2.24, 2.45) is 0 Å². The van der Waals surface area contributed by atoms with E-state index in [0.717, 1.165) is 48.9 Å². The third-order valence-electron chi connectivity index (χ3n) is 4.77. The van der Waals surface area contributed by atoms with Crippen LogP contribution >= 0.6 is 11.6 Å². The van der Waals surface area contributed by atoms with Crippen molar-refractivity contribution < 1.29 is 9.53 Å². The lowest BCUT2D eigenvalue weighted by Crippen LogP contribution is -2.45. The molecule has 0 unspecified atom stereocenters. The van der Waals surface area contributed by atoms with E-state index in [1.165, 1.54) is 5.56 Å². The predicted octanol–water partition coefficient (Wildman–Crippen LogP) is 3.73. The third-order valence-corrected chi connectivity index (χ3v) is 5.07. The average molecular weight is 388 g/mol. The van der Waals surface area contributed by atoms with E-state index in [1.807, 2.05) is 50.2 Å². The molecular formula is C21H26ClN3O2. The van der Waals surface area contributed by atoms with Crippen LogP contribution in [0.3, 0.4) is 0 Å². The number of rotatable bonds is 5. The van der Waals surface area contributed by atoms with Crippen LogP contribution in [0.1, 0.15) is 11.1 Å². The number of carbonyl (C=O) groups is 1. The predicted molar refractivity (Wildman–Crippen MR) is 111 cm³/mol. The molecule has 2 aromatic rings. The summed E-state index contributed by atoms with van der Waals surface area (Å²) < 4.78 is 5.69. The van der Waals surface area contributed by atoms with Crippen molar-refractivity contribution in [2.45, 2.75) is 13.8 Å². The lowest BCUT2D eigenvalue weighted by molar-refractivity contribution is -0.118. The molecule has 0 radical (unpaired) electrons. The zero-order chi connectivity index (χ0) is 19.4. The van der Waals surface area contributed by atoms with Crippen molar-refractivity contribution in [1.29, 1.82) is 0 Å². The molecule has 1 N–H and O–H groups in total. The maximum atomic E-state index is 12.5. The fourth-order valence-electron chi connectivity index (χ4n) is 3.26. The van der Waals surface area contributed by atoms with Crippen LogP contribution in [0.25, 0.3) is 0 Å². The number of piperazine rings is 1. The number of halogens is 1. The topological polar surface area (TPSA) is 44.8 Å². The number of hydrogen-bond donors (Lipinski definition) is 1. The van der Waals surface area contributed by atoms with Crippen LogP contribution in [-0.2, 0) is 4.79 Å². The number of amides is 1. The fraction of sp³-hybridized carbons (Fsp3) is 0.381. The number of nitrogens with one attached hydrogen (secondary N) is 1. The number of hydrogen-bond acceptors (Lipinski definition) is 4. The van der Waals surface area contributed by atoms with Gasteiger partial charge in [0, 0.05) is 26.2 Å². The Bertz CT molecular complexity index is 817. The number of para-hydroxylation sites is 1. The molecule has 1 fully saturated rings.